The summed E-state index contributed by atoms with van der Waals surface area (Å²) in [7, 11) is 3.41. The van der Waals surface area contributed by atoms with E-state index in [4.69, 9.17) is 10.5 Å². The van der Waals surface area contributed by atoms with Gasteiger partial charge in [0.05, 0.1) is 7.11 Å². The maximum Gasteiger partial charge on any atom is 0.253 e. The minimum absolute atomic E-state index is 0.0141. The molecule has 0 aliphatic rings. The van der Waals surface area contributed by atoms with Crippen LogP contribution in [0.1, 0.15) is 29.8 Å². The topological polar surface area (TPSA) is 55.6 Å². The normalized spacial score (nSPS) is 11.3. The molecule has 0 spiro atoms. The molecule has 106 valence electrons. The van der Waals surface area contributed by atoms with Crippen LogP contribution >= 0.6 is 0 Å². The van der Waals surface area contributed by atoms with Crippen LogP contribution in [0.5, 0.6) is 5.75 Å². The molecule has 0 saturated heterocycles. The number of nitrogens with two attached hydrogens (primary N) is 1. The van der Waals surface area contributed by atoms with Crippen molar-refractivity contribution >= 4 is 5.91 Å². The minimum Gasteiger partial charge on any atom is -0.496 e. The summed E-state index contributed by atoms with van der Waals surface area (Å²) in [5.74, 6) is 0.720. The molecule has 0 aliphatic carbocycles. The third kappa shape index (κ3) is 3.96. The van der Waals surface area contributed by atoms with Gasteiger partial charge in [0, 0.05) is 19.2 Å². The van der Waals surface area contributed by atoms with Gasteiger partial charge in [0.25, 0.3) is 5.91 Å². The molecule has 4 nitrogen and oxygen atoms in total. The van der Waals surface area contributed by atoms with Gasteiger partial charge in [-0.1, -0.05) is 19.9 Å². The average Bonchev–Trinajstić information content (AvgIpc) is 2.38. The van der Waals surface area contributed by atoms with Crippen LogP contribution in [-0.4, -0.2) is 38.1 Å². The Hall–Kier alpha value is -1.55. The highest BCUT2D eigenvalue weighted by atomic mass is 16.5. The molecule has 1 aromatic carbocycles. The van der Waals surface area contributed by atoms with Gasteiger partial charge in [0.1, 0.15) is 5.75 Å². The Bertz CT molecular complexity index is 455. The number of carbonyl (C=O) groups excluding carboxylic acids is 1. The summed E-state index contributed by atoms with van der Waals surface area (Å²) in [5.41, 5.74) is 7.27. The van der Waals surface area contributed by atoms with E-state index in [0.29, 0.717) is 18.7 Å². The zero-order valence-corrected chi connectivity index (χ0v) is 12.5. The first-order valence-electron chi connectivity index (χ1n) is 6.41. The minimum atomic E-state index is -0.0841. The van der Waals surface area contributed by atoms with Crippen LogP contribution in [0.4, 0.5) is 0 Å². The van der Waals surface area contributed by atoms with Crippen LogP contribution in [-0.2, 0) is 0 Å². The van der Waals surface area contributed by atoms with Gasteiger partial charge in [0.15, 0.2) is 0 Å². The molecule has 1 rings (SSSR count). The molecule has 2 N–H and O–H groups in total. The zero-order chi connectivity index (χ0) is 14.6. The number of amides is 1. The first kappa shape index (κ1) is 15.5. The molecule has 0 bridgehead atoms. The van der Waals surface area contributed by atoms with Gasteiger partial charge in [-0.25, -0.2) is 0 Å². The number of aryl methyl sites for hydroxylation is 1. The number of hydrogen-bond donors (Lipinski definition) is 1. The number of nitrogens with zero attached hydrogens (tertiary/aromatic N) is 1. The number of methoxy groups -OCH3 is 1. The second kappa shape index (κ2) is 6.06. The lowest BCUT2D eigenvalue weighted by Gasteiger charge is -2.29. The molecule has 4 heteroatoms. The van der Waals surface area contributed by atoms with Gasteiger partial charge in [-0.3, -0.25) is 4.79 Å². The van der Waals surface area contributed by atoms with Crippen molar-refractivity contribution in [3.8, 4) is 5.75 Å². The molecular formula is C15H24N2O2. The van der Waals surface area contributed by atoms with Crippen molar-refractivity contribution in [2.24, 2.45) is 11.1 Å². The van der Waals surface area contributed by atoms with Crippen molar-refractivity contribution in [2.75, 3.05) is 27.2 Å². The predicted octanol–water partition coefficient (Wildman–Crippen LogP) is 2.06. The maximum absolute atomic E-state index is 12.3. The van der Waals surface area contributed by atoms with Gasteiger partial charge in [0.2, 0.25) is 0 Å². The third-order valence-corrected chi connectivity index (χ3v) is 3.22. The summed E-state index contributed by atoms with van der Waals surface area (Å²) in [6, 6.07) is 5.50. The van der Waals surface area contributed by atoms with E-state index in [1.165, 1.54) is 0 Å². The number of carbonyl (C=O) groups is 1. The Morgan fingerprint density at radius 1 is 1.42 bits per heavy atom. The smallest absolute Gasteiger partial charge is 0.253 e. The Morgan fingerprint density at radius 3 is 2.58 bits per heavy atom. The molecule has 1 amide bonds. The van der Waals surface area contributed by atoms with E-state index in [1.54, 1.807) is 25.1 Å². The Labute approximate surface area is 115 Å². The Kier molecular flexibility index (Phi) is 4.95. The Morgan fingerprint density at radius 2 is 2.05 bits per heavy atom. The molecule has 0 aliphatic heterocycles. The van der Waals surface area contributed by atoms with Crippen molar-refractivity contribution in [1.82, 2.24) is 4.90 Å². The summed E-state index contributed by atoms with van der Waals surface area (Å²) in [4.78, 5) is 14.1. The van der Waals surface area contributed by atoms with E-state index in [0.717, 1.165) is 11.3 Å². The van der Waals surface area contributed by atoms with Gasteiger partial charge in [-0.05, 0) is 36.6 Å². The summed E-state index contributed by atoms with van der Waals surface area (Å²) in [5, 5.41) is 0. The molecule has 0 unspecified atom stereocenters. The number of benzene rings is 1. The number of rotatable bonds is 5. The molecule has 0 heterocycles. The highest BCUT2D eigenvalue weighted by molar-refractivity contribution is 5.94. The molecule has 0 atom stereocenters. The Balaban J connectivity index is 2.88. The van der Waals surface area contributed by atoms with Crippen molar-refractivity contribution < 1.29 is 9.53 Å². The zero-order valence-electron chi connectivity index (χ0n) is 12.5. The second-order valence-corrected chi connectivity index (χ2v) is 5.71. The van der Waals surface area contributed by atoms with Crippen molar-refractivity contribution in [1.29, 1.82) is 0 Å². The van der Waals surface area contributed by atoms with E-state index in [-0.39, 0.29) is 11.3 Å². The van der Waals surface area contributed by atoms with Crippen molar-refractivity contribution in [2.45, 2.75) is 20.8 Å². The van der Waals surface area contributed by atoms with Crippen LogP contribution in [0.25, 0.3) is 0 Å². The summed E-state index contributed by atoms with van der Waals surface area (Å²) in [6.45, 7) is 7.22. The highest BCUT2D eigenvalue weighted by Gasteiger charge is 2.22. The molecule has 0 saturated carbocycles. The lowest BCUT2D eigenvalue weighted by molar-refractivity contribution is 0.0740. The van der Waals surface area contributed by atoms with Crippen LogP contribution in [0.2, 0.25) is 0 Å². The average molecular weight is 264 g/mol. The third-order valence-electron chi connectivity index (χ3n) is 3.22. The number of ether oxygens (including phenoxy) is 1. The largest absolute Gasteiger partial charge is 0.496 e. The fourth-order valence-corrected chi connectivity index (χ4v) is 1.95. The van der Waals surface area contributed by atoms with Gasteiger partial charge in [-0.15, -0.1) is 0 Å². The van der Waals surface area contributed by atoms with Crippen molar-refractivity contribution in [3.63, 3.8) is 0 Å². The number of hydrogen-bond acceptors (Lipinski definition) is 3. The fraction of sp³-hybridized carbons (Fsp3) is 0.533. The second-order valence-electron chi connectivity index (χ2n) is 5.71. The van der Waals surface area contributed by atoms with Crippen LogP contribution in [0.15, 0.2) is 18.2 Å². The van der Waals surface area contributed by atoms with Gasteiger partial charge >= 0.3 is 0 Å². The predicted molar refractivity (Wildman–Crippen MR) is 77.5 cm³/mol. The van der Waals surface area contributed by atoms with Gasteiger partial charge in [-0.2, -0.15) is 0 Å². The monoisotopic (exact) mass is 264 g/mol. The SMILES string of the molecule is COc1cc(C(=O)N(C)CC(C)(C)CN)ccc1C. The molecular weight excluding hydrogens is 240 g/mol. The highest BCUT2D eigenvalue weighted by Crippen LogP contribution is 2.21. The van der Waals surface area contributed by atoms with E-state index >= 15 is 0 Å². The molecule has 1 aromatic rings. The molecule has 0 fully saturated rings. The van der Waals surface area contributed by atoms with Crippen LogP contribution < -0.4 is 10.5 Å². The fourth-order valence-electron chi connectivity index (χ4n) is 1.95. The first-order valence-corrected chi connectivity index (χ1v) is 6.41. The lowest BCUT2D eigenvalue weighted by Crippen LogP contribution is -2.39. The molecule has 0 radical (unpaired) electrons. The standard InChI is InChI=1S/C15H24N2O2/c1-11-6-7-12(8-13(11)19-5)14(18)17(4)10-15(2,3)9-16/h6-8H,9-10,16H2,1-5H3. The van der Waals surface area contributed by atoms with E-state index in [1.807, 2.05) is 32.9 Å². The lowest BCUT2D eigenvalue weighted by atomic mass is 9.93. The van der Waals surface area contributed by atoms with Crippen LogP contribution in [0, 0.1) is 12.3 Å². The summed E-state index contributed by atoms with van der Waals surface area (Å²) < 4.78 is 5.25. The first-order chi connectivity index (χ1) is 8.80. The van der Waals surface area contributed by atoms with E-state index < -0.39 is 0 Å². The van der Waals surface area contributed by atoms with E-state index in [2.05, 4.69) is 0 Å². The molecule has 0 aromatic heterocycles. The quantitative estimate of drug-likeness (QED) is 0.885. The maximum atomic E-state index is 12.3. The van der Waals surface area contributed by atoms with Crippen molar-refractivity contribution in [3.05, 3.63) is 29.3 Å². The summed E-state index contributed by atoms with van der Waals surface area (Å²) >= 11 is 0. The van der Waals surface area contributed by atoms with Gasteiger partial charge < -0.3 is 15.4 Å². The van der Waals surface area contributed by atoms with Crippen LogP contribution in [0.3, 0.4) is 0 Å². The van der Waals surface area contributed by atoms with E-state index in [9.17, 15) is 4.79 Å². The summed E-state index contributed by atoms with van der Waals surface area (Å²) in [6.07, 6.45) is 0. The molecule has 19 heavy (non-hydrogen) atoms.